The van der Waals surface area contributed by atoms with Crippen molar-refractivity contribution in [2.75, 3.05) is 20.4 Å². The lowest BCUT2D eigenvalue weighted by Crippen LogP contribution is -2.34. The van der Waals surface area contributed by atoms with Gasteiger partial charge < -0.3 is 14.8 Å². The summed E-state index contributed by atoms with van der Waals surface area (Å²) in [6.45, 7) is 1.86. The zero-order valence-electron chi connectivity index (χ0n) is 12.7. The van der Waals surface area contributed by atoms with Gasteiger partial charge in [0.05, 0.1) is 10.3 Å². The molecule has 1 aromatic carbocycles. The number of thiophene rings is 1. The summed E-state index contributed by atoms with van der Waals surface area (Å²) in [6, 6.07) is 9.78. The first-order valence-corrected chi connectivity index (χ1v) is 8.79. The summed E-state index contributed by atoms with van der Waals surface area (Å²) in [7, 11) is 1.94. The SMILES string of the molecule is CN(CC(=O)NCc1ccc2c(c1)OCO2)Cc1ccc(Br)s1. The Balaban J connectivity index is 1.45. The van der Waals surface area contributed by atoms with Crippen LogP contribution in [0.5, 0.6) is 11.5 Å². The molecule has 1 aliphatic rings. The van der Waals surface area contributed by atoms with Gasteiger partial charge in [-0.25, -0.2) is 0 Å². The number of rotatable bonds is 6. The van der Waals surface area contributed by atoms with E-state index in [0.717, 1.165) is 27.4 Å². The summed E-state index contributed by atoms with van der Waals surface area (Å²) in [4.78, 5) is 15.3. The van der Waals surface area contributed by atoms with E-state index in [9.17, 15) is 4.79 Å². The number of halogens is 1. The van der Waals surface area contributed by atoms with Crippen LogP contribution in [0.1, 0.15) is 10.4 Å². The lowest BCUT2D eigenvalue weighted by Gasteiger charge is -2.15. The highest BCUT2D eigenvalue weighted by Gasteiger charge is 2.14. The van der Waals surface area contributed by atoms with E-state index in [1.807, 2.05) is 36.2 Å². The second kappa shape index (κ2) is 7.33. The van der Waals surface area contributed by atoms with Gasteiger partial charge in [0.2, 0.25) is 12.7 Å². The monoisotopic (exact) mass is 396 g/mol. The number of benzene rings is 1. The molecule has 1 amide bonds. The Morgan fingerprint density at radius 1 is 1.30 bits per heavy atom. The van der Waals surface area contributed by atoms with E-state index >= 15 is 0 Å². The van der Waals surface area contributed by atoms with Crippen LogP contribution in [0.25, 0.3) is 0 Å². The molecule has 0 spiro atoms. The number of carbonyl (C=O) groups excluding carboxylic acids is 1. The van der Waals surface area contributed by atoms with E-state index in [2.05, 4.69) is 27.3 Å². The first-order valence-electron chi connectivity index (χ1n) is 7.18. The molecule has 0 atom stereocenters. The molecule has 3 rings (SSSR count). The summed E-state index contributed by atoms with van der Waals surface area (Å²) >= 11 is 5.13. The predicted molar refractivity (Wildman–Crippen MR) is 92.8 cm³/mol. The van der Waals surface area contributed by atoms with E-state index in [-0.39, 0.29) is 12.7 Å². The van der Waals surface area contributed by atoms with Crippen LogP contribution in [0.4, 0.5) is 0 Å². The second-order valence-electron chi connectivity index (χ2n) is 5.34. The van der Waals surface area contributed by atoms with E-state index in [1.165, 1.54) is 4.88 Å². The van der Waals surface area contributed by atoms with Gasteiger partial charge in [0.25, 0.3) is 0 Å². The minimum absolute atomic E-state index is 0.000730. The lowest BCUT2D eigenvalue weighted by molar-refractivity contribution is -0.122. The molecule has 1 N–H and O–H groups in total. The summed E-state index contributed by atoms with van der Waals surface area (Å²) in [5, 5.41) is 2.93. The number of carbonyl (C=O) groups is 1. The standard InChI is InChI=1S/C16H17BrN2O3S/c1-19(8-12-3-5-15(17)23-12)9-16(20)18-7-11-2-4-13-14(6-11)22-10-21-13/h2-6H,7-10H2,1H3,(H,18,20). The van der Waals surface area contributed by atoms with Crippen LogP contribution in [-0.4, -0.2) is 31.2 Å². The maximum absolute atomic E-state index is 12.0. The molecule has 1 aliphatic heterocycles. The minimum Gasteiger partial charge on any atom is -0.454 e. The molecule has 0 saturated heterocycles. The number of fused-ring (bicyclic) bond motifs is 1. The molecule has 7 heteroatoms. The number of nitrogens with zero attached hydrogens (tertiary/aromatic N) is 1. The average molecular weight is 397 g/mol. The van der Waals surface area contributed by atoms with Gasteiger partial charge in [-0.15, -0.1) is 11.3 Å². The average Bonchev–Trinajstić information content (AvgIpc) is 3.13. The summed E-state index contributed by atoms with van der Waals surface area (Å²) in [5.41, 5.74) is 0.993. The highest BCUT2D eigenvalue weighted by molar-refractivity contribution is 9.11. The zero-order valence-corrected chi connectivity index (χ0v) is 15.1. The van der Waals surface area contributed by atoms with Crippen LogP contribution in [-0.2, 0) is 17.9 Å². The maximum Gasteiger partial charge on any atom is 0.234 e. The fourth-order valence-electron chi connectivity index (χ4n) is 2.31. The van der Waals surface area contributed by atoms with Gasteiger partial charge in [-0.2, -0.15) is 0 Å². The van der Waals surface area contributed by atoms with E-state index in [1.54, 1.807) is 11.3 Å². The third-order valence-electron chi connectivity index (χ3n) is 3.39. The van der Waals surface area contributed by atoms with Gasteiger partial charge in [-0.3, -0.25) is 9.69 Å². The first-order chi connectivity index (χ1) is 11.1. The number of ether oxygens (including phenoxy) is 2. The number of hydrogen-bond donors (Lipinski definition) is 1. The molecule has 0 saturated carbocycles. The van der Waals surface area contributed by atoms with Crippen molar-refractivity contribution >= 4 is 33.2 Å². The Hall–Kier alpha value is -1.57. The molecule has 122 valence electrons. The molecule has 2 aromatic rings. The third kappa shape index (κ3) is 4.46. The molecule has 0 aliphatic carbocycles. The van der Waals surface area contributed by atoms with Gasteiger partial charge >= 0.3 is 0 Å². The Morgan fingerprint density at radius 2 is 2.13 bits per heavy atom. The summed E-state index contributed by atoms with van der Waals surface area (Å²) in [5.74, 6) is 1.49. The molecular formula is C16H17BrN2O3S. The second-order valence-corrected chi connectivity index (χ2v) is 7.89. The van der Waals surface area contributed by atoms with Crippen molar-refractivity contribution in [1.82, 2.24) is 10.2 Å². The molecule has 0 fully saturated rings. The van der Waals surface area contributed by atoms with E-state index in [4.69, 9.17) is 9.47 Å². The van der Waals surface area contributed by atoms with Gasteiger partial charge in [0.15, 0.2) is 11.5 Å². The molecule has 5 nitrogen and oxygen atoms in total. The van der Waals surface area contributed by atoms with Crippen molar-refractivity contribution in [1.29, 1.82) is 0 Å². The number of likely N-dealkylation sites (N-methyl/N-ethyl adjacent to an activating group) is 1. The fraction of sp³-hybridized carbons (Fsp3) is 0.312. The topological polar surface area (TPSA) is 50.8 Å². The molecule has 0 unspecified atom stereocenters. The van der Waals surface area contributed by atoms with E-state index < -0.39 is 0 Å². The maximum atomic E-state index is 12.0. The number of nitrogens with one attached hydrogen (secondary N) is 1. The molecule has 0 bridgehead atoms. The van der Waals surface area contributed by atoms with E-state index in [0.29, 0.717) is 13.1 Å². The van der Waals surface area contributed by atoms with Crippen molar-refractivity contribution in [2.45, 2.75) is 13.1 Å². The summed E-state index contributed by atoms with van der Waals surface area (Å²) < 4.78 is 11.7. The molecule has 23 heavy (non-hydrogen) atoms. The first kappa shape index (κ1) is 16.3. The molecule has 0 radical (unpaired) electrons. The van der Waals surface area contributed by atoms with Crippen molar-refractivity contribution < 1.29 is 14.3 Å². The molecular weight excluding hydrogens is 380 g/mol. The number of amides is 1. The van der Waals surface area contributed by atoms with Crippen LogP contribution in [0.3, 0.4) is 0 Å². The Labute approximate surface area is 147 Å². The van der Waals surface area contributed by atoms with Crippen LogP contribution in [0, 0.1) is 0 Å². The smallest absolute Gasteiger partial charge is 0.234 e. The molecule has 1 aromatic heterocycles. The third-order valence-corrected chi connectivity index (χ3v) is 5.00. The molecule has 2 heterocycles. The van der Waals surface area contributed by atoms with Crippen molar-refractivity contribution in [3.8, 4) is 11.5 Å². The Kier molecular flexibility index (Phi) is 5.20. The Morgan fingerprint density at radius 3 is 2.91 bits per heavy atom. The highest BCUT2D eigenvalue weighted by Crippen LogP contribution is 2.32. The van der Waals surface area contributed by atoms with Crippen molar-refractivity contribution in [2.24, 2.45) is 0 Å². The largest absolute Gasteiger partial charge is 0.454 e. The van der Waals surface area contributed by atoms with Crippen LogP contribution >= 0.6 is 27.3 Å². The summed E-state index contributed by atoms with van der Waals surface area (Å²) in [6.07, 6.45) is 0. The highest BCUT2D eigenvalue weighted by atomic mass is 79.9. The van der Waals surface area contributed by atoms with Gasteiger partial charge in [0, 0.05) is 18.0 Å². The number of hydrogen-bond acceptors (Lipinski definition) is 5. The normalized spacial score (nSPS) is 12.7. The van der Waals surface area contributed by atoms with Crippen LogP contribution < -0.4 is 14.8 Å². The lowest BCUT2D eigenvalue weighted by atomic mass is 10.2. The van der Waals surface area contributed by atoms with Gasteiger partial charge in [-0.1, -0.05) is 6.07 Å². The Bertz CT molecular complexity index is 704. The predicted octanol–water partition coefficient (Wildman–Crippen LogP) is 2.99. The van der Waals surface area contributed by atoms with Gasteiger partial charge in [-0.05, 0) is 52.8 Å². The van der Waals surface area contributed by atoms with Crippen LogP contribution in [0.15, 0.2) is 34.1 Å². The minimum atomic E-state index is 0.000730. The van der Waals surface area contributed by atoms with Crippen molar-refractivity contribution in [3.05, 3.63) is 44.6 Å². The quantitative estimate of drug-likeness (QED) is 0.815. The van der Waals surface area contributed by atoms with Crippen LogP contribution in [0.2, 0.25) is 0 Å². The van der Waals surface area contributed by atoms with Crippen molar-refractivity contribution in [3.63, 3.8) is 0 Å². The fourth-order valence-corrected chi connectivity index (χ4v) is 3.87. The van der Waals surface area contributed by atoms with Gasteiger partial charge in [0.1, 0.15) is 0 Å². The zero-order chi connectivity index (χ0) is 16.2.